The van der Waals surface area contributed by atoms with Crippen LogP contribution in [-0.2, 0) is 40.2 Å². The quantitative estimate of drug-likeness (QED) is 0.0330. The second-order valence-electron chi connectivity index (χ2n) is 25.7. The van der Waals surface area contributed by atoms with Gasteiger partial charge in [-0.15, -0.1) is 0 Å². The monoisotopic (exact) mass is 1340 g/mol. The first-order valence-electron chi connectivity index (χ1n) is 38.5. The van der Waals surface area contributed by atoms with Gasteiger partial charge in [0.05, 0.1) is 0 Å². The van der Waals surface area contributed by atoms with Crippen molar-refractivity contribution in [2.75, 3.05) is 0 Å². The Morgan fingerprint density at radius 2 is 0.281 bits per heavy atom. The predicted molar refractivity (Wildman–Crippen MR) is 375 cm³/mol. The Bertz CT molecular complexity index is 1260. The molecule has 522 valence electrons. The third-order valence-corrected chi connectivity index (χ3v) is 16.6. The fourth-order valence-corrected chi connectivity index (χ4v) is 10.8. The van der Waals surface area contributed by atoms with Crippen molar-refractivity contribution >= 4 is 23.9 Å². The maximum atomic E-state index is 10.2. The first kappa shape index (κ1) is 95.2. The molecule has 0 aliphatic carbocycles. The van der Waals surface area contributed by atoms with Crippen LogP contribution in [0, 0.1) is 0 Å². The van der Waals surface area contributed by atoms with E-state index < -0.39 is 23.9 Å². The van der Waals surface area contributed by atoms with Gasteiger partial charge in [-0.3, -0.25) is 0 Å². The standard InChI is InChI=1S/4C20H38O2.Mo/c4*1-2-3-4-5-6-7-8-9-10-11-12-13-14-15-16-17-18-19-20(21)22;/h4*11-12H,2-10,13-19H2,1H3,(H,21,22);/q;;;;+4/p-4/b4*12-11-;. The maximum Gasteiger partial charge on any atom is 4.00 e. The van der Waals surface area contributed by atoms with Crippen LogP contribution >= 0.6 is 0 Å². The summed E-state index contributed by atoms with van der Waals surface area (Å²) in [6.45, 7) is 9.07. The number of rotatable bonds is 68. The summed E-state index contributed by atoms with van der Waals surface area (Å²) < 4.78 is 0. The number of carboxylic acids is 4. The van der Waals surface area contributed by atoms with Gasteiger partial charge in [-0.05, 0) is 154 Å². The normalized spacial score (nSPS) is 11.2. The molecule has 0 aliphatic rings. The first-order chi connectivity index (χ1) is 43.1. The molecule has 0 heterocycles. The van der Waals surface area contributed by atoms with Crippen LogP contribution < -0.4 is 20.4 Å². The molecule has 0 aliphatic heterocycles. The Hall–Kier alpha value is -2.47. The van der Waals surface area contributed by atoms with Crippen LogP contribution in [0.15, 0.2) is 48.6 Å². The van der Waals surface area contributed by atoms with Gasteiger partial charge in [-0.2, -0.15) is 0 Å². The van der Waals surface area contributed by atoms with Crippen LogP contribution in [-0.4, -0.2) is 23.9 Å². The van der Waals surface area contributed by atoms with Crippen molar-refractivity contribution in [2.24, 2.45) is 0 Å². The van der Waals surface area contributed by atoms with E-state index in [9.17, 15) is 39.6 Å². The van der Waals surface area contributed by atoms with Gasteiger partial charge in [0.1, 0.15) is 0 Å². The Morgan fingerprint density at radius 3 is 0.393 bits per heavy atom. The molecule has 0 saturated carbocycles. The summed E-state index contributed by atoms with van der Waals surface area (Å²) in [5, 5.41) is 41.0. The van der Waals surface area contributed by atoms with E-state index in [-0.39, 0.29) is 46.7 Å². The van der Waals surface area contributed by atoms with Gasteiger partial charge in [0.2, 0.25) is 0 Å². The third-order valence-electron chi connectivity index (χ3n) is 16.6. The van der Waals surface area contributed by atoms with E-state index in [1.165, 1.54) is 308 Å². The summed E-state index contributed by atoms with van der Waals surface area (Å²) in [7, 11) is 0. The summed E-state index contributed by atoms with van der Waals surface area (Å²) in [5.41, 5.74) is 0. The van der Waals surface area contributed by atoms with E-state index in [1.54, 1.807) is 0 Å². The fraction of sp³-hybridized carbons (Fsp3) is 0.850. The maximum absolute atomic E-state index is 10.2. The van der Waals surface area contributed by atoms with Crippen molar-refractivity contribution in [1.29, 1.82) is 0 Å². The van der Waals surface area contributed by atoms with Gasteiger partial charge in [-0.1, -0.05) is 333 Å². The van der Waals surface area contributed by atoms with Crippen LogP contribution in [0.4, 0.5) is 0 Å². The van der Waals surface area contributed by atoms with E-state index in [0.717, 1.165) is 77.0 Å². The average molecular weight is 1330 g/mol. The number of allylic oxidation sites excluding steroid dienone is 8. The van der Waals surface area contributed by atoms with Crippen molar-refractivity contribution in [3.8, 4) is 0 Å². The second kappa shape index (κ2) is 91.9. The van der Waals surface area contributed by atoms with Crippen LogP contribution in [0.25, 0.3) is 0 Å². The number of hydrogen-bond donors (Lipinski definition) is 0. The van der Waals surface area contributed by atoms with Crippen molar-refractivity contribution in [1.82, 2.24) is 0 Å². The minimum absolute atomic E-state index is 0. The zero-order valence-corrected chi connectivity index (χ0v) is 61.6. The molecule has 0 N–H and O–H groups in total. The molecule has 0 fully saturated rings. The SMILES string of the molecule is CCCCCCCCCC/C=C\CCCCCCCC(=O)[O-].CCCCCCCCCC/C=C\CCCCCCCC(=O)[O-].CCCCCCCCCC/C=C\CCCCCCCC(=O)[O-].CCCCCCCCCC/C=C\CCCCCCCC(=O)[O-].[Mo+4]. The summed E-state index contributed by atoms with van der Waals surface area (Å²) in [6.07, 6.45) is 95.3. The average Bonchev–Trinajstić information content (AvgIpc) is 3.50. The number of carbonyl (C=O) groups excluding carboxylic acids is 4. The van der Waals surface area contributed by atoms with Gasteiger partial charge >= 0.3 is 21.1 Å². The largest absolute Gasteiger partial charge is 4.00 e. The summed E-state index contributed by atoms with van der Waals surface area (Å²) >= 11 is 0. The van der Waals surface area contributed by atoms with E-state index in [2.05, 4.69) is 76.3 Å². The summed E-state index contributed by atoms with van der Waals surface area (Å²) in [4.78, 5) is 41.0. The first-order valence-corrected chi connectivity index (χ1v) is 38.5. The molecular formula is C80H148MoO8. The molecular weight excluding hydrogens is 1180 g/mol. The van der Waals surface area contributed by atoms with E-state index in [1.807, 2.05) is 0 Å². The smallest absolute Gasteiger partial charge is 0.550 e. The number of hydrogen-bond acceptors (Lipinski definition) is 8. The van der Waals surface area contributed by atoms with Crippen molar-refractivity contribution < 1.29 is 60.7 Å². The minimum Gasteiger partial charge on any atom is -0.550 e. The van der Waals surface area contributed by atoms with Crippen molar-refractivity contribution in [2.45, 2.75) is 439 Å². The molecule has 0 spiro atoms. The Labute approximate surface area is 568 Å². The van der Waals surface area contributed by atoms with Crippen LogP contribution in [0.5, 0.6) is 0 Å². The molecule has 0 aromatic rings. The molecule has 0 unspecified atom stereocenters. The van der Waals surface area contributed by atoms with E-state index in [0.29, 0.717) is 0 Å². The minimum atomic E-state index is -0.913. The molecule has 0 aromatic carbocycles. The van der Waals surface area contributed by atoms with Crippen LogP contribution in [0.2, 0.25) is 0 Å². The molecule has 8 nitrogen and oxygen atoms in total. The van der Waals surface area contributed by atoms with E-state index >= 15 is 0 Å². The van der Waals surface area contributed by atoms with Gasteiger partial charge in [0.25, 0.3) is 0 Å². The predicted octanol–water partition coefficient (Wildman–Crippen LogP) is 22.2. The fourth-order valence-electron chi connectivity index (χ4n) is 10.8. The van der Waals surface area contributed by atoms with Crippen LogP contribution in [0.1, 0.15) is 439 Å². The molecule has 0 rings (SSSR count). The Morgan fingerprint density at radius 1 is 0.180 bits per heavy atom. The van der Waals surface area contributed by atoms with Crippen molar-refractivity contribution in [3.05, 3.63) is 48.6 Å². The van der Waals surface area contributed by atoms with E-state index in [4.69, 9.17) is 0 Å². The third kappa shape index (κ3) is 110. The topological polar surface area (TPSA) is 161 Å². The zero-order valence-electron chi connectivity index (χ0n) is 59.5. The summed E-state index contributed by atoms with van der Waals surface area (Å²) in [6, 6.07) is 0. The molecule has 9 heteroatoms. The molecule has 0 atom stereocenters. The van der Waals surface area contributed by atoms with Gasteiger partial charge < -0.3 is 39.6 Å². The summed E-state index contributed by atoms with van der Waals surface area (Å²) in [5.74, 6) is -3.65. The number of unbranched alkanes of at least 4 members (excludes halogenated alkanes) is 52. The molecule has 0 amide bonds. The Kier molecular flexibility index (Phi) is 98.4. The molecule has 0 bridgehead atoms. The molecule has 0 radical (unpaired) electrons. The zero-order chi connectivity index (χ0) is 65.2. The molecule has 0 aromatic heterocycles. The van der Waals surface area contributed by atoms with Gasteiger partial charge in [0, 0.05) is 23.9 Å². The Balaban J connectivity index is -0.000000351. The molecule has 0 saturated heterocycles. The molecule has 89 heavy (non-hydrogen) atoms. The van der Waals surface area contributed by atoms with Crippen molar-refractivity contribution in [3.63, 3.8) is 0 Å². The second-order valence-corrected chi connectivity index (χ2v) is 25.7. The number of carbonyl (C=O) groups is 4. The number of carboxylic acid groups (broad SMARTS) is 4. The van der Waals surface area contributed by atoms with Gasteiger partial charge in [-0.25, -0.2) is 0 Å². The van der Waals surface area contributed by atoms with Crippen LogP contribution in [0.3, 0.4) is 0 Å². The number of aliphatic carboxylic acids is 4. The van der Waals surface area contributed by atoms with Gasteiger partial charge in [0.15, 0.2) is 0 Å².